The number of anilines is 1. The van der Waals surface area contributed by atoms with Gasteiger partial charge in [-0.1, -0.05) is 0 Å². The molecule has 1 aliphatic heterocycles. The van der Waals surface area contributed by atoms with Crippen molar-refractivity contribution in [1.29, 1.82) is 0 Å². The van der Waals surface area contributed by atoms with E-state index in [0.717, 1.165) is 0 Å². The number of nitrogens with zero attached hydrogens (tertiary/aromatic N) is 4. The first kappa shape index (κ1) is 13.5. The van der Waals surface area contributed by atoms with Gasteiger partial charge in [-0.15, -0.1) is 0 Å². The van der Waals surface area contributed by atoms with E-state index in [1.807, 2.05) is 0 Å². The summed E-state index contributed by atoms with van der Waals surface area (Å²) in [6.45, 7) is -0.354. The van der Waals surface area contributed by atoms with Crippen LogP contribution in [0.4, 0.5) is 10.2 Å². The summed E-state index contributed by atoms with van der Waals surface area (Å²) in [6, 6.07) is 0. The van der Waals surface area contributed by atoms with Crippen molar-refractivity contribution in [3.8, 4) is 0 Å². The number of hydrogen-bond acceptors (Lipinski definition) is 8. The molecule has 108 valence electrons. The predicted octanol–water partition coefficient (Wildman–Crippen LogP) is -0.903. The average Bonchev–Trinajstić information content (AvgIpc) is 2.93. The minimum Gasteiger partial charge on any atom is -0.394 e. The molecule has 0 radical (unpaired) electrons. The van der Waals surface area contributed by atoms with Crippen LogP contribution in [-0.4, -0.2) is 53.8 Å². The summed E-state index contributed by atoms with van der Waals surface area (Å²) in [5.74, 6) is -0.0841. The summed E-state index contributed by atoms with van der Waals surface area (Å²) in [5, 5.41) is 18.4. The molecule has 0 spiro atoms. The van der Waals surface area contributed by atoms with Crippen LogP contribution in [-0.2, 0) is 4.74 Å². The molecule has 0 amide bonds. The summed E-state index contributed by atoms with van der Waals surface area (Å²) < 4.78 is 20.2. The van der Waals surface area contributed by atoms with Crippen LogP contribution in [0.2, 0.25) is 0 Å². The van der Waals surface area contributed by atoms with Crippen LogP contribution in [0.25, 0.3) is 11.2 Å². The first-order valence-corrected chi connectivity index (χ1v) is 6.32. The zero-order valence-electron chi connectivity index (χ0n) is 10.1. The molecule has 20 heavy (non-hydrogen) atoms. The van der Waals surface area contributed by atoms with Crippen LogP contribution in [0.1, 0.15) is 6.23 Å². The molecular weight excluding hydrogens is 289 g/mol. The van der Waals surface area contributed by atoms with Gasteiger partial charge in [-0.25, -0.2) is 4.98 Å². The molecule has 1 aliphatic rings. The number of aliphatic hydroxyl groups is 2. The van der Waals surface area contributed by atoms with Crippen molar-refractivity contribution in [2.75, 3.05) is 12.3 Å². The van der Waals surface area contributed by atoms with Crippen molar-refractivity contribution in [1.82, 2.24) is 19.5 Å². The van der Waals surface area contributed by atoms with Crippen molar-refractivity contribution < 1.29 is 19.3 Å². The number of rotatable bonds is 2. The van der Waals surface area contributed by atoms with E-state index >= 15 is 0 Å². The van der Waals surface area contributed by atoms with Crippen LogP contribution >= 0.6 is 12.6 Å². The zero-order chi connectivity index (χ0) is 14.4. The van der Waals surface area contributed by atoms with Gasteiger partial charge in [0.2, 0.25) is 0 Å². The third-order valence-corrected chi connectivity index (χ3v) is 3.77. The molecule has 2 aromatic rings. The Morgan fingerprint density at radius 2 is 2.25 bits per heavy atom. The predicted molar refractivity (Wildman–Crippen MR) is 69.5 cm³/mol. The van der Waals surface area contributed by atoms with E-state index in [0.29, 0.717) is 0 Å². The van der Waals surface area contributed by atoms with Gasteiger partial charge in [0.25, 0.3) is 0 Å². The van der Waals surface area contributed by atoms with Gasteiger partial charge in [-0.3, -0.25) is 4.57 Å². The van der Waals surface area contributed by atoms with Gasteiger partial charge in [-0.05, 0) is 0 Å². The molecule has 0 bridgehead atoms. The summed E-state index contributed by atoms with van der Waals surface area (Å²) in [6.07, 6.45) is -2.11. The monoisotopic (exact) mass is 301 g/mol. The Morgan fingerprint density at radius 3 is 2.90 bits per heavy atom. The van der Waals surface area contributed by atoms with Crippen LogP contribution in [0, 0.1) is 6.08 Å². The average molecular weight is 301 g/mol. The maximum atomic E-state index is 13.3. The van der Waals surface area contributed by atoms with E-state index in [-0.39, 0.29) is 23.6 Å². The smallest absolute Gasteiger partial charge is 0.312 e. The number of aliphatic hydroxyl groups excluding tert-OH is 2. The van der Waals surface area contributed by atoms with Crippen molar-refractivity contribution >= 4 is 29.6 Å². The van der Waals surface area contributed by atoms with Gasteiger partial charge in [0.15, 0.2) is 23.2 Å². The van der Waals surface area contributed by atoms with Crippen LogP contribution < -0.4 is 5.73 Å². The van der Waals surface area contributed by atoms with E-state index < -0.39 is 29.8 Å². The van der Waals surface area contributed by atoms with E-state index in [4.69, 9.17) is 15.6 Å². The number of aromatic nitrogens is 4. The van der Waals surface area contributed by atoms with Gasteiger partial charge in [0.1, 0.15) is 6.10 Å². The third-order valence-electron chi connectivity index (χ3n) is 3.21. The Kier molecular flexibility index (Phi) is 3.24. The first-order valence-electron chi connectivity index (χ1n) is 5.81. The second kappa shape index (κ2) is 4.81. The SMILES string of the molecule is Nc1nc(F)nc2c1ncn2[C@@H]1O[C@H](CO)[C@H](O)[C@H]1S. The molecule has 8 nitrogen and oxygen atoms in total. The lowest BCUT2D eigenvalue weighted by atomic mass is 10.2. The Hall–Kier alpha value is -1.49. The van der Waals surface area contributed by atoms with Gasteiger partial charge in [-0.2, -0.15) is 27.0 Å². The number of thiol groups is 1. The maximum Gasteiger partial charge on any atom is 0.312 e. The summed E-state index contributed by atoms with van der Waals surface area (Å²) >= 11 is 4.26. The lowest BCUT2D eigenvalue weighted by Gasteiger charge is -2.16. The molecule has 1 saturated heterocycles. The van der Waals surface area contributed by atoms with Crippen LogP contribution in [0.3, 0.4) is 0 Å². The summed E-state index contributed by atoms with van der Waals surface area (Å²) in [5.41, 5.74) is 5.95. The number of fused-ring (bicyclic) bond motifs is 1. The molecule has 1 fully saturated rings. The van der Waals surface area contributed by atoms with Gasteiger partial charge in [0.05, 0.1) is 24.3 Å². The molecule has 3 rings (SSSR count). The van der Waals surface area contributed by atoms with Crippen molar-refractivity contribution in [3.05, 3.63) is 12.4 Å². The second-order valence-electron chi connectivity index (χ2n) is 4.43. The first-order chi connectivity index (χ1) is 9.52. The lowest BCUT2D eigenvalue weighted by molar-refractivity contribution is -0.0430. The standard InChI is InChI=1S/C10H12FN5O3S/c11-10-14-7(12)4-8(15-10)16(2-13-4)9-6(20)5(18)3(1-17)19-9/h2-3,5-6,9,17-18,20H,1H2,(H2,12,14,15)/t3-,5+,6-,9-/m1/s1. The lowest BCUT2D eigenvalue weighted by Crippen LogP contribution is -2.30. The largest absolute Gasteiger partial charge is 0.394 e. The van der Waals surface area contributed by atoms with E-state index in [1.54, 1.807) is 0 Å². The highest BCUT2D eigenvalue weighted by molar-refractivity contribution is 7.81. The Labute approximate surface area is 117 Å². The van der Waals surface area contributed by atoms with Gasteiger partial charge >= 0.3 is 6.08 Å². The normalized spacial score (nSPS) is 30.2. The summed E-state index contributed by atoms with van der Waals surface area (Å²) in [4.78, 5) is 11.0. The van der Waals surface area contributed by atoms with Crippen LogP contribution in [0.5, 0.6) is 0 Å². The van der Waals surface area contributed by atoms with E-state index in [9.17, 15) is 9.50 Å². The molecule has 0 aliphatic carbocycles. The van der Waals surface area contributed by atoms with E-state index in [2.05, 4.69) is 27.6 Å². The maximum absolute atomic E-state index is 13.3. The molecular formula is C10H12FN5O3S. The Bertz CT molecular complexity index is 653. The minimum atomic E-state index is -0.982. The van der Waals surface area contributed by atoms with E-state index in [1.165, 1.54) is 10.9 Å². The van der Waals surface area contributed by atoms with Crippen molar-refractivity contribution in [2.45, 2.75) is 23.7 Å². The number of hydrogen-bond donors (Lipinski definition) is 4. The number of nitrogen functional groups attached to an aromatic ring is 1. The molecule has 4 atom stereocenters. The zero-order valence-corrected chi connectivity index (χ0v) is 11.0. The molecule has 0 saturated carbocycles. The number of nitrogens with two attached hydrogens (primary N) is 1. The van der Waals surface area contributed by atoms with Crippen molar-refractivity contribution in [2.24, 2.45) is 0 Å². The quantitative estimate of drug-likeness (QED) is 0.419. The molecule has 3 heterocycles. The van der Waals surface area contributed by atoms with Gasteiger partial charge < -0.3 is 20.7 Å². The fourth-order valence-corrected chi connectivity index (χ4v) is 2.61. The number of imidazole rings is 1. The molecule has 0 unspecified atom stereocenters. The fourth-order valence-electron chi connectivity index (χ4n) is 2.21. The third kappa shape index (κ3) is 1.92. The highest BCUT2D eigenvalue weighted by Gasteiger charge is 2.43. The molecule has 10 heteroatoms. The fraction of sp³-hybridized carbons (Fsp3) is 0.500. The number of halogens is 1. The van der Waals surface area contributed by atoms with Crippen LogP contribution in [0.15, 0.2) is 6.33 Å². The second-order valence-corrected chi connectivity index (χ2v) is 5.03. The number of ether oxygens (including phenoxy) is 1. The van der Waals surface area contributed by atoms with Gasteiger partial charge in [0, 0.05) is 0 Å². The molecule has 0 aromatic carbocycles. The van der Waals surface area contributed by atoms with Crippen molar-refractivity contribution in [3.63, 3.8) is 0 Å². The molecule has 4 N–H and O–H groups in total. The highest BCUT2D eigenvalue weighted by atomic mass is 32.1. The Balaban J connectivity index is 2.07. The minimum absolute atomic E-state index is 0.0841. The summed E-state index contributed by atoms with van der Waals surface area (Å²) in [7, 11) is 0. The topological polar surface area (TPSA) is 119 Å². The Morgan fingerprint density at radius 1 is 1.50 bits per heavy atom. The molecule has 2 aromatic heterocycles. The highest BCUT2D eigenvalue weighted by Crippen LogP contribution is 2.34.